The van der Waals surface area contributed by atoms with Crippen LogP contribution in [0.1, 0.15) is 56.3 Å². The molecule has 0 spiro atoms. The van der Waals surface area contributed by atoms with Crippen LogP contribution in [0, 0.1) is 0 Å². The van der Waals surface area contributed by atoms with Crippen LogP contribution in [0.2, 0.25) is 0 Å². The highest BCUT2D eigenvalue weighted by Gasteiger charge is 2.37. The Morgan fingerprint density at radius 2 is 1.65 bits per heavy atom. The van der Waals surface area contributed by atoms with Crippen molar-refractivity contribution in [2.75, 3.05) is 44.6 Å². The molecule has 2 aliphatic heterocycles. The Labute approximate surface area is 234 Å². The first kappa shape index (κ1) is 27.5. The number of amides is 1. The number of hydrogen-bond acceptors (Lipinski definition) is 8. The van der Waals surface area contributed by atoms with Gasteiger partial charge in [-0.25, -0.2) is 14.3 Å². The number of ether oxygens (including phenoxy) is 3. The summed E-state index contributed by atoms with van der Waals surface area (Å²) < 4.78 is 18.6. The van der Waals surface area contributed by atoms with E-state index in [1.54, 1.807) is 16.5 Å². The molecule has 40 heavy (non-hydrogen) atoms. The second kappa shape index (κ2) is 11.6. The van der Waals surface area contributed by atoms with Crippen molar-refractivity contribution in [2.45, 2.75) is 45.8 Å². The molecule has 1 atom stereocenters. The molecule has 3 aromatic rings. The Bertz CT molecular complexity index is 1330. The van der Waals surface area contributed by atoms with E-state index in [0.717, 1.165) is 23.6 Å². The van der Waals surface area contributed by atoms with E-state index in [9.17, 15) is 9.59 Å². The molecule has 5 rings (SSSR count). The topological polar surface area (TPSA) is 98.2 Å². The maximum absolute atomic E-state index is 13.2. The molecule has 1 aromatic heterocycles. The predicted octanol–water partition coefficient (Wildman–Crippen LogP) is 5.25. The summed E-state index contributed by atoms with van der Waals surface area (Å²) in [7, 11) is 0. The molecular formula is C30H37N5O5. The Kier molecular flexibility index (Phi) is 7.97. The van der Waals surface area contributed by atoms with Crippen molar-refractivity contribution in [3.8, 4) is 17.2 Å². The lowest BCUT2D eigenvalue weighted by Crippen LogP contribution is -2.51. The third-order valence-corrected chi connectivity index (χ3v) is 6.88. The Morgan fingerprint density at radius 1 is 0.975 bits per heavy atom. The molecule has 1 fully saturated rings. The van der Waals surface area contributed by atoms with Gasteiger partial charge in [-0.1, -0.05) is 18.2 Å². The molecule has 1 amide bonds. The fraction of sp³-hybridized carbons (Fsp3) is 0.433. The molecule has 1 saturated heterocycles. The van der Waals surface area contributed by atoms with E-state index in [0.29, 0.717) is 49.9 Å². The summed E-state index contributed by atoms with van der Waals surface area (Å²) in [5, 5.41) is 8.37. The molecular weight excluding hydrogens is 510 g/mol. The standard InChI is InChI=1S/C30H37N5O5/c1-5-38-28(36)27-26-25(32-35(27)21-11-13-23(14-12-21)39-22-9-7-6-8-10-22)24(15-16-31-26)33-17-19-34(20-18-33)29(37)40-30(2,3)4/h6-14,24,31H,5,15-20H2,1-4H3. The van der Waals surface area contributed by atoms with Gasteiger partial charge in [0.25, 0.3) is 0 Å². The van der Waals surface area contributed by atoms with Gasteiger partial charge in [-0.05, 0) is 70.5 Å². The molecule has 212 valence electrons. The average Bonchev–Trinajstić information content (AvgIpc) is 3.33. The lowest BCUT2D eigenvalue weighted by molar-refractivity contribution is 0.00951. The summed E-state index contributed by atoms with van der Waals surface area (Å²) in [5.41, 5.74) is 2.10. The molecule has 1 unspecified atom stereocenters. The number of aromatic nitrogens is 2. The van der Waals surface area contributed by atoms with Gasteiger partial charge in [-0.15, -0.1) is 0 Å². The summed E-state index contributed by atoms with van der Waals surface area (Å²) >= 11 is 0. The normalized spacial score (nSPS) is 17.5. The van der Waals surface area contributed by atoms with E-state index in [1.165, 1.54) is 0 Å². The van der Waals surface area contributed by atoms with E-state index in [1.807, 2.05) is 75.4 Å². The van der Waals surface area contributed by atoms with Crippen LogP contribution < -0.4 is 10.1 Å². The number of esters is 1. The van der Waals surface area contributed by atoms with Gasteiger partial charge in [0.2, 0.25) is 0 Å². The minimum atomic E-state index is -0.527. The van der Waals surface area contributed by atoms with E-state index in [4.69, 9.17) is 19.3 Å². The molecule has 2 aliphatic rings. The highest BCUT2D eigenvalue weighted by Crippen LogP contribution is 2.38. The van der Waals surface area contributed by atoms with Crippen LogP contribution in [0.5, 0.6) is 11.5 Å². The largest absolute Gasteiger partial charge is 0.461 e. The number of nitrogens with one attached hydrogen (secondary N) is 1. The summed E-state index contributed by atoms with van der Waals surface area (Å²) in [6.45, 7) is 10.9. The van der Waals surface area contributed by atoms with Crippen molar-refractivity contribution in [3.63, 3.8) is 0 Å². The summed E-state index contributed by atoms with van der Waals surface area (Å²) in [4.78, 5) is 29.8. The highest BCUT2D eigenvalue weighted by atomic mass is 16.6. The van der Waals surface area contributed by atoms with Gasteiger partial charge in [0.1, 0.15) is 22.8 Å². The Balaban J connectivity index is 1.39. The number of nitrogens with zero attached hydrogens (tertiary/aromatic N) is 4. The zero-order valence-electron chi connectivity index (χ0n) is 23.6. The first-order chi connectivity index (χ1) is 19.2. The summed E-state index contributed by atoms with van der Waals surface area (Å²) in [5.74, 6) is 1.00. The molecule has 0 saturated carbocycles. The molecule has 3 heterocycles. The molecule has 1 N–H and O–H groups in total. The van der Waals surface area contributed by atoms with Crippen molar-refractivity contribution in [1.82, 2.24) is 19.6 Å². The van der Waals surface area contributed by atoms with E-state index in [-0.39, 0.29) is 18.7 Å². The van der Waals surface area contributed by atoms with Crippen LogP contribution in [-0.2, 0) is 9.47 Å². The monoisotopic (exact) mass is 547 g/mol. The SMILES string of the molecule is CCOC(=O)c1c2c(nn1-c1ccc(Oc3ccccc3)cc1)C(N1CCN(C(=O)OC(C)(C)C)CC1)CCN2. The zero-order valence-corrected chi connectivity index (χ0v) is 23.6. The lowest BCUT2D eigenvalue weighted by atomic mass is 10.0. The zero-order chi connectivity index (χ0) is 28.3. The number of piperazine rings is 1. The fourth-order valence-electron chi connectivity index (χ4n) is 5.07. The van der Waals surface area contributed by atoms with Crippen molar-refractivity contribution in [3.05, 3.63) is 66.0 Å². The second-order valence-corrected chi connectivity index (χ2v) is 10.9. The molecule has 0 bridgehead atoms. The molecule has 0 aliphatic carbocycles. The van der Waals surface area contributed by atoms with E-state index < -0.39 is 11.6 Å². The van der Waals surface area contributed by atoms with Gasteiger partial charge in [0.05, 0.1) is 24.0 Å². The maximum atomic E-state index is 13.2. The van der Waals surface area contributed by atoms with Crippen molar-refractivity contribution in [2.24, 2.45) is 0 Å². The number of fused-ring (bicyclic) bond motifs is 1. The van der Waals surface area contributed by atoms with Gasteiger partial charge >= 0.3 is 12.1 Å². The number of benzene rings is 2. The average molecular weight is 548 g/mol. The Morgan fingerprint density at radius 3 is 2.30 bits per heavy atom. The number of hydrogen-bond donors (Lipinski definition) is 1. The van der Waals surface area contributed by atoms with Crippen LogP contribution in [0.4, 0.5) is 10.5 Å². The van der Waals surface area contributed by atoms with E-state index in [2.05, 4.69) is 10.2 Å². The molecule has 2 aromatic carbocycles. The number of para-hydroxylation sites is 1. The van der Waals surface area contributed by atoms with Crippen molar-refractivity contribution < 1.29 is 23.8 Å². The number of rotatable bonds is 6. The van der Waals surface area contributed by atoms with Gasteiger partial charge in [-0.3, -0.25) is 4.90 Å². The van der Waals surface area contributed by atoms with Gasteiger partial charge < -0.3 is 24.4 Å². The first-order valence-corrected chi connectivity index (χ1v) is 13.8. The maximum Gasteiger partial charge on any atom is 0.410 e. The van der Waals surface area contributed by atoms with Crippen LogP contribution in [0.3, 0.4) is 0 Å². The minimum Gasteiger partial charge on any atom is -0.461 e. The predicted molar refractivity (Wildman–Crippen MR) is 151 cm³/mol. The molecule has 0 radical (unpaired) electrons. The first-order valence-electron chi connectivity index (χ1n) is 13.8. The Hall–Kier alpha value is -4.05. The second-order valence-electron chi connectivity index (χ2n) is 10.9. The fourth-order valence-corrected chi connectivity index (χ4v) is 5.07. The summed E-state index contributed by atoms with van der Waals surface area (Å²) in [6.07, 6.45) is 0.550. The van der Waals surface area contributed by atoms with Crippen LogP contribution in [0.25, 0.3) is 5.69 Å². The summed E-state index contributed by atoms with van der Waals surface area (Å²) in [6, 6.07) is 17.1. The smallest absolute Gasteiger partial charge is 0.410 e. The number of carbonyl (C=O) groups is 2. The van der Waals surface area contributed by atoms with Crippen molar-refractivity contribution in [1.29, 1.82) is 0 Å². The van der Waals surface area contributed by atoms with Crippen LogP contribution >= 0.6 is 0 Å². The molecule has 10 heteroatoms. The number of anilines is 1. The van der Waals surface area contributed by atoms with Crippen LogP contribution in [-0.4, -0.2) is 76.6 Å². The lowest BCUT2D eigenvalue weighted by Gasteiger charge is -2.40. The third kappa shape index (κ3) is 6.07. The van der Waals surface area contributed by atoms with Crippen molar-refractivity contribution >= 4 is 17.7 Å². The minimum absolute atomic E-state index is 0.00662. The van der Waals surface area contributed by atoms with Gasteiger partial charge in [0.15, 0.2) is 5.69 Å². The highest BCUT2D eigenvalue weighted by molar-refractivity contribution is 5.95. The molecule has 10 nitrogen and oxygen atoms in total. The van der Waals surface area contributed by atoms with Gasteiger partial charge in [-0.2, -0.15) is 5.10 Å². The quantitative estimate of drug-likeness (QED) is 0.418. The van der Waals surface area contributed by atoms with Crippen LogP contribution in [0.15, 0.2) is 54.6 Å². The van der Waals surface area contributed by atoms with E-state index >= 15 is 0 Å². The van der Waals surface area contributed by atoms with Gasteiger partial charge in [0, 0.05) is 32.7 Å². The number of carbonyl (C=O) groups excluding carboxylic acids is 2. The third-order valence-electron chi connectivity index (χ3n) is 6.88.